The molecule has 0 aliphatic heterocycles. The standard InChI is InChI=1S/C20H23N5/c21-19(13-16-7-1-4-10-23-16)20(22,14-17-8-2-5-11-24-17)15-18-9-3-6-12-25-18/h1-12,19H,13-15,21-22H2. The largest absolute Gasteiger partial charge is 0.326 e. The van der Waals surface area contributed by atoms with Gasteiger partial charge in [-0.1, -0.05) is 18.2 Å². The Balaban J connectivity index is 1.84. The van der Waals surface area contributed by atoms with Crippen molar-refractivity contribution in [3.63, 3.8) is 0 Å². The van der Waals surface area contributed by atoms with Crippen molar-refractivity contribution in [3.8, 4) is 0 Å². The summed E-state index contributed by atoms with van der Waals surface area (Å²) in [5.74, 6) is 0. The van der Waals surface area contributed by atoms with Crippen molar-refractivity contribution in [1.29, 1.82) is 0 Å². The molecule has 0 aliphatic rings. The van der Waals surface area contributed by atoms with Crippen molar-refractivity contribution in [2.24, 2.45) is 11.5 Å². The summed E-state index contributed by atoms with van der Waals surface area (Å²) in [4.78, 5) is 13.2. The van der Waals surface area contributed by atoms with Crippen LogP contribution in [-0.4, -0.2) is 26.5 Å². The molecule has 128 valence electrons. The van der Waals surface area contributed by atoms with Crippen LogP contribution in [0.1, 0.15) is 17.1 Å². The first-order valence-electron chi connectivity index (χ1n) is 8.40. The zero-order chi connectivity index (χ0) is 17.5. The maximum Gasteiger partial charge on any atom is 0.0423 e. The fraction of sp³-hybridized carbons (Fsp3) is 0.250. The fourth-order valence-electron chi connectivity index (χ4n) is 2.95. The van der Waals surface area contributed by atoms with Crippen LogP contribution in [-0.2, 0) is 19.3 Å². The molecule has 0 fully saturated rings. The maximum absolute atomic E-state index is 6.82. The van der Waals surface area contributed by atoms with E-state index in [1.54, 1.807) is 18.6 Å². The number of rotatable bonds is 7. The zero-order valence-corrected chi connectivity index (χ0v) is 14.1. The molecule has 0 aliphatic carbocycles. The van der Waals surface area contributed by atoms with Crippen LogP contribution in [0.2, 0.25) is 0 Å². The molecule has 0 radical (unpaired) electrons. The van der Waals surface area contributed by atoms with Gasteiger partial charge < -0.3 is 11.5 Å². The molecule has 1 atom stereocenters. The third-order valence-corrected chi connectivity index (χ3v) is 4.37. The second kappa shape index (κ2) is 7.96. The third kappa shape index (κ3) is 4.68. The van der Waals surface area contributed by atoms with Crippen LogP contribution in [0, 0.1) is 0 Å². The lowest BCUT2D eigenvalue weighted by molar-refractivity contribution is 0.328. The average Bonchev–Trinajstić information content (AvgIpc) is 2.64. The van der Waals surface area contributed by atoms with E-state index < -0.39 is 5.54 Å². The van der Waals surface area contributed by atoms with Gasteiger partial charge in [0.25, 0.3) is 0 Å². The monoisotopic (exact) mass is 333 g/mol. The lowest BCUT2D eigenvalue weighted by Gasteiger charge is -2.35. The quantitative estimate of drug-likeness (QED) is 0.689. The Morgan fingerprint density at radius 1 is 0.720 bits per heavy atom. The molecule has 0 aromatic carbocycles. The Morgan fingerprint density at radius 3 is 1.56 bits per heavy atom. The molecule has 0 saturated heterocycles. The summed E-state index contributed by atoms with van der Waals surface area (Å²) in [6.45, 7) is 0. The molecular weight excluding hydrogens is 310 g/mol. The van der Waals surface area contributed by atoms with Crippen LogP contribution in [0.3, 0.4) is 0 Å². The van der Waals surface area contributed by atoms with Crippen LogP contribution in [0.4, 0.5) is 0 Å². The average molecular weight is 333 g/mol. The Labute approximate surface area is 148 Å². The summed E-state index contributed by atoms with van der Waals surface area (Å²) >= 11 is 0. The first kappa shape index (κ1) is 17.2. The summed E-state index contributed by atoms with van der Waals surface area (Å²) in [5, 5.41) is 0. The molecule has 25 heavy (non-hydrogen) atoms. The molecular formula is C20H23N5. The van der Waals surface area contributed by atoms with Crippen LogP contribution >= 0.6 is 0 Å². The van der Waals surface area contributed by atoms with Crippen molar-refractivity contribution in [3.05, 3.63) is 90.3 Å². The molecule has 5 nitrogen and oxygen atoms in total. The smallest absolute Gasteiger partial charge is 0.0423 e. The topological polar surface area (TPSA) is 90.7 Å². The number of pyridine rings is 3. The van der Waals surface area contributed by atoms with Gasteiger partial charge in [-0.05, 0) is 36.4 Å². The molecule has 1 unspecified atom stereocenters. The maximum atomic E-state index is 6.82. The van der Waals surface area contributed by atoms with Crippen LogP contribution in [0.5, 0.6) is 0 Å². The zero-order valence-electron chi connectivity index (χ0n) is 14.1. The Hall–Kier alpha value is -2.63. The summed E-state index contributed by atoms with van der Waals surface area (Å²) in [7, 11) is 0. The first-order chi connectivity index (χ1) is 12.2. The minimum atomic E-state index is -0.666. The van der Waals surface area contributed by atoms with Crippen LogP contribution < -0.4 is 11.5 Å². The van der Waals surface area contributed by atoms with Gasteiger partial charge in [0.05, 0.1) is 0 Å². The highest BCUT2D eigenvalue weighted by Crippen LogP contribution is 2.20. The molecule has 3 heterocycles. The van der Waals surface area contributed by atoms with Crippen LogP contribution in [0.15, 0.2) is 73.2 Å². The minimum absolute atomic E-state index is 0.272. The third-order valence-electron chi connectivity index (χ3n) is 4.37. The molecule has 3 rings (SSSR count). The number of nitrogens with zero attached hydrogens (tertiary/aromatic N) is 3. The fourth-order valence-corrected chi connectivity index (χ4v) is 2.95. The number of nitrogens with two attached hydrogens (primary N) is 2. The minimum Gasteiger partial charge on any atom is -0.326 e. The molecule has 4 N–H and O–H groups in total. The van der Waals surface area contributed by atoms with E-state index in [0.717, 1.165) is 17.1 Å². The molecule has 0 bridgehead atoms. The van der Waals surface area contributed by atoms with Gasteiger partial charge >= 0.3 is 0 Å². The van der Waals surface area contributed by atoms with E-state index in [4.69, 9.17) is 11.5 Å². The van der Waals surface area contributed by atoms with E-state index in [0.29, 0.717) is 19.3 Å². The highest BCUT2D eigenvalue weighted by atomic mass is 14.9. The highest BCUT2D eigenvalue weighted by Gasteiger charge is 2.34. The Bertz CT molecular complexity index is 720. The normalized spacial score (nSPS) is 12.7. The Morgan fingerprint density at radius 2 is 1.16 bits per heavy atom. The Kier molecular flexibility index (Phi) is 5.48. The van der Waals surface area contributed by atoms with Crippen molar-refractivity contribution in [2.45, 2.75) is 30.8 Å². The predicted molar refractivity (Wildman–Crippen MR) is 98.7 cm³/mol. The summed E-state index contributed by atoms with van der Waals surface area (Å²) in [5.41, 5.74) is 15.5. The van der Waals surface area contributed by atoms with E-state index in [-0.39, 0.29) is 6.04 Å². The van der Waals surface area contributed by atoms with Gasteiger partial charge in [0.1, 0.15) is 0 Å². The van der Waals surface area contributed by atoms with Gasteiger partial charge in [0, 0.05) is 66.5 Å². The summed E-state index contributed by atoms with van der Waals surface area (Å²) in [6, 6.07) is 17.2. The molecule has 0 spiro atoms. The van der Waals surface area contributed by atoms with Gasteiger partial charge in [0.2, 0.25) is 0 Å². The molecule has 3 aromatic heterocycles. The second-order valence-corrected chi connectivity index (χ2v) is 6.36. The second-order valence-electron chi connectivity index (χ2n) is 6.36. The SMILES string of the molecule is NC(Cc1ccccn1)C(N)(Cc1ccccn1)Cc1ccccn1. The van der Waals surface area contributed by atoms with E-state index >= 15 is 0 Å². The first-order valence-corrected chi connectivity index (χ1v) is 8.40. The molecule has 5 heteroatoms. The van der Waals surface area contributed by atoms with E-state index in [2.05, 4.69) is 15.0 Å². The number of hydrogen-bond acceptors (Lipinski definition) is 5. The molecule has 0 saturated carbocycles. The van der Waals surface area contributed by atoms with E-state index in [9.17, 15) is 0 Å². The van der Waals surface area contributed by atoms with Gasteiger partial charge in [0.15, 0.2) is 0 Å². The van der Waals surface area contributed by atoms with Crippen molar-refractivity contribution < 1.29 is 0 Å². The van der Waals surface area contributed by atoms with Crippen molar-refractivity contribution >= 4 is 0 Å². The summed E-state index contributed by atoms with van der Waals surface area (Å²) in [6.07, 6.45) is 7.10. The van der Waals surface area contributed by atoms with Gasteiger partial charge in [-0.2, -0.15) is 0 Å². The van der Waals surface area contributed by atoms with Gasteiger partial charge in [-0.15, -0.1) is 0 Å². The summed E-state index contributed by atoms with van der Waals surface area (Å²) < 4.78 is 0. The van der Waals surface area contributed by atoms with Crippen molar-refractivity contribution in [2.75, 3.05) is 0 Å². The van der Waals surface area contributed by atoms with Crippen LogP contribution in [0.25, 0.3) is 0 Å². The molecule has 3 aromatic rings. The lowest BCUT2D eigenvalue weighted by atomic mass is 9.80. The highest BCUT2D eigenvalue weighted by molar-refractivity contribution is 5.18. The van der Waals surface area contributed by atoms with E-state index in [1.807, 2.05) is 54.6 Å². The van der Waals surface area contributed by atoms with Gasteiger partial charge in [-0.25, -0.2) is 0 Å². The predicted octanol–water partition coefficient (Wildman–Crippen LogP) is 1.92. The number of aromatic nitrogens is 3. The lowest BCUT2D eigenvalue weighted by Crippen LogP contribution is -2.59. The van der Waals surface area contributed by atoms with E-state index in [1.165, 1.54) is 0 Å². The molecule has 0 amide bonds. The number of hydrogen-bond donors (Lipinski definition) is 2. The van der Waals surface area contributed by atoms with Crippen molar-refractivity contribution in [1.82, 2.24) is 15.0 Å². The van der Waals surface area contributed by atoms with Gasteiger partial charge in [-0.3, -0.25) is 15.0 Å².